The van der Waals surface area contributed by atoms with Gasteiger partial charge in [0.2, 0.25) is 0 Å². The number of carbonyl (C=O) groups excluding carboxylic acids is 1. The number of amides is 2. The second-order valence-electron chi connectivity index (χ2n) is 4.14. The van der Waals surface area contributed by atoms with Crippen molar-refractivity contribution in [3.8, 4) is 0 Å². The number of carboxylic acids is 1. The van der Waals surface area contributed by atoms with E-state index in [9.17, 15) is 9.59 Å². The van der Waals surface area contributed by atoms with Crippen LogP contribution in [0, 0.1) is 0 Å². The minimum absolute atomic E-state index is 0.0869. The molecule has 0 heterocycles. The van der Waals surface area contributed by atoms with Gasteiger partial charge < -0.3 is 25.2 Å². The predicted molar refractivity (Wildman–Crippen MR) is 60.9 cm³/mol. The van der Waals surface area contributed by atoms with Gasteiger partial charge in [0.1, 0.15) is 0 Å². The van der Waals surface area contributed by atoms with Crippen LogP contribution in [0.5, 0.6) is 0 Å². The highest BCUT2D eigenvalue weighted by molar-refractivity contribution is 5.82. The first-order valence-corrected chi connectivity index (χ1v) is 5.13. The van der Waals surface area contributed by atoms with E-state index in [1.165, 1.54) is 14.2 Å². The predicted octanol–water partition coefficient (Wildman–Crippen LogP) is -0.190. The monoisotopic (exact) mass is 248 g/mol. The lowest BCUT2D eigenvalue weighted by atomic mass is 10.1. The van der Waals surface area contributed by atoms with E-state index in [2.05, 4.69) is 15.4 Å². The van der Waals surface area contributed by atoms with Gasteiger partial charge in [-0.15, -0.1) is 0 Å². The topological polar surface area (TPSA) is 96.9 Å². The molecule has 1 atom stereocenters. The average Bonchev–Trinajstić information content (AvgIpc) is 2.26. The molecule has 0 spiro atoms. The van der Waals surface area contributed by atoms with Crippen LogP contribution in [0.4, 0.5) is 4.79 Å². The summed E-state index contributed by atoms with van der Waals surface area (Å²) >= 11 is 0. The molecule has 0 aliphatic heterocycles. The fraction of sp³-hybridized carbons (Fsp3) is 0.800. The average molecular weight is 248 g/mol. The maximum Gasteiger partial charge on any atom is 0.328 e. The van der Waals surface area contributed by atoms with Crippen molar-refractivity contribution < 1.29 is 24.2 Å². The van der Waals surface area contributed by atoms with Crippen LogP contribution in [0.15, 0.2) is 0 Å². The minimum atomic E-state index is -1.15. The fourth-order valence-electron chi connectivity index (χ4n) is 0.916. The third-order valence-corrected chi connectivity index (χ3v) is 2.16. The summed E-state index contributed by atoms with van der Waals surface area (Å²) in [6.45, 7) is 3.79. The van der Waals surface area contributed by atoms with Crippen molar-refractivity contribution in [3.63, 3.8) is 0 Å². The molecule has 0 saturated carbocycles. The van der Waals surface area contributed by atoms with E-state index in [4.69, 9.17) is 9.84 Å². The minimum Gasteiger partial charge on any atom is -0.480 e. The summed E-state index contributed by atoms with van der Waals surface area (Å²) in [5, 5.41) is 13.6. The number of hydrogen-bond acceptors (Lipinski definition) is 4. The Labute approximate surface area is 100 Å². The molecule has 0 fully saturated rings. The molecule has 0 aromatic carbocycles. The first kappa shape index (κ1) is 15.7. The van der Waals surface area contributed by atoms with Gasteiger partial charge in [-0.25, -0.2) is 9.59 Å². The molecular formula is C10H20N2O5. The lowest BCUT2D eigenvalue weighted by molar-refractivity contribution is -0.140. The van der Waals surface area contributed by atoms with Crippen LogP contribution in [0.2, 0.25) is 0 Å². The van der Waals surface area contributed by atoms with Crippen molar-refractivity contribution in [3.05, 3.63) is 0 Å². The van der Waals surface area contributed by atoms with Crippen LogP contribution >= 0.6 is 0 Å². The third kappa shape index (κ3) is 6.75. The van der Waals surface area contributed by atoms with Gasteiger partial charge in [0.05, 0.1) is 12.2 Å². The quantitative estimate of drug-likeness (QED) is 0.580. The van der Waals surface area contributed by atoms with Gasteiger partial charge >= 0.3 is 12.0 Å². The summed E-state index contributed by atoms with van der Waals surface area (Å²) in [5.74, 6) is -1.15. The smallest absolute Gasteiger partial charge is 0.328 e. The van der Waals surface area contributed by atoms with E-state index in [1.54, 1.807) is 13.8 Å². The number of aliphatic carboxylic acids is 1. The van der Waals surface area contributed by atoms with Gasteiger partial charge in [0, 0.05) is 20.8 Å². The zero-order valence-corrected chi connectivity index (χ0v) is 10.6. The Hall–Kier alpha value is -1.34. The molecule has 0 saturated heterocycles. The van der Waals surface area contributed by atoms with Gasteiger partial charge in [-0.2, -0.15) is 0 Å². The third-order valence-electron chi connectivity index (χ3n) is 2.16. The molecule has 7 nitrogen and oxygen atoms in total. The van der Waals surface area contributed by atoms with Gasteiger partial charge in [-0.3, -0.25) is 0 Å². The highest BCUT2D eigenvalue weighted by Crippen LogP contribution is 2.04. The first-order valence-electron chi connectivity index (χ1n) is 5.13. The van der Waals surface area contributed by atoms with Gasteiger partial charge in [-0.1, -0.05) is 0 Å². The Balaban J connectivity index is 4.11. The summed E-state index contributed by atoms with van der Waals surface area (Å²) in [6.07, 6.45) is 0. The lowest BCUT2D eigenvalue weighted by Gasteiger charge is -2.23. The fourth-order valence-corrected chi connectivity index (χ4v) is 0.916. The zero-order valence-electron chi connectivity index (χ0n) is 10.6. The molecule has 0 radical (unpaired) electrons. The molecule has 100 valence electrons. The van der Waals surface area contributed by atoms with Crippen LogP contribution in [0.1, 0.15) is 13.8 Å². The number of carboxylic acid groups (broad SMARTS) is 1. The van der Waals surface area contributed by atoms with Crippen molar-refractivity contribution in [2.75, 3.05) is 27.4 Å². The molecule has 7 heteroatoms. The first-order chi connectivity index (χ1) is 7.82. The van der Waals surface area contributed by atoms with E-state index in [-0.39, 0.29) is 13.2 Å². The Morgan fingerprint density at radius 2 is 1.94 bits per heavy atom. The molecule has 3 N–H and O–H groups in total. The van der Waals surface area contributed by atoms with Crippen molar-refractivity contribution >= 4 is 12.0 Å². The molecule has 0 aromatic heterocycles. The highest BCUT2D eigenvalue weighted by Gasteiger charge is 2.21. The second-order valence-corrected chi connectivity index (χ2v) is 4.14. The zero-order chi connectivity index (χ0) is 13.5. The maximum atomic E-state index is 11.4. The molecule has 0 aromatic rings. The number of ether oxygens (including phenoxy) is 2. The Bertz CT molecular complexity index is 267. The second kappa shape index (κ2) is 7.08. The summed E-state index contributed by atoms with van der Waals surface area (Å²) in [4.78, 5) is 22.1. The number of methoxy groups -OCH3 is 2. The molecule has 2 amide bonds. The van der Waals surface area contributed by atoms with Crippen molar-refractivity contribution in [2.24, 2.45) is 0 Å². The molecular weight excluding hydrogens is 228 g/mol. The van der Waals surface area contributed by atoms with Crippen LogP contribution in [-0.2, 0) is 14.3 Å². The van der Waals surface area contributed by atoms with Crippen LogP contribution in [-0.4, -0.2) is 56.1 Å². The van der Waals surface area contributed by atoms with Gasteiger partial charge in [0.25, 0.3) is 0 Å². The lowest BCUT2D eigenvalue weighted by Crippen LogP contribution is -2.51. The number of nitrogens with one attached hydrogen (secondary N) is 2. The number of urea groups is 1. The van der Waals surface area contributed by atoms with Gasteiger partial charge in [-0.05, 0) is 13.8 Å². The Morgan fingerprint density at radius 1 is 1.35 bits per heavy atom. The summed E-state index contributed by atoms with van der Waals surface area (Å²) < 4.78 is 9.79. The van der Waals surface area contributed by atoms with Crippen LogP contribution in [0.25, 0.3) is 0 Å². The van der Waals surface area contributed by atoms with Gasteiger partial charge in [0.15, 0.2) is 6.04 Å². The van der Waals surface area contributed by atoms with Crippen molar-refractivity contribution in [2.45, 2.75) is 25.5 Å². The Morgan fingerprint density at radius 3 is 2.35 bits per heavy atom. The number of carbonyl (C=O) groups is 2. The standard InChI is InChI=1S/C10H20N2O5/c1-10(2,17-4)6-11-9(15)12-7(5-16-3)8(13)14/h7H,5-6H2,1-4H3,(H,13,14)(H2,11,12,15). The van der Waals surface area contributed by atoms with E-state index >= 15 is 0 Å². The molecule has 0 bridgehead atoms. The molecule has 0 aliphatic rings. The van der Waals surface area contributed by atoms with E-state index in [0.717, 1.165) is 0 Å². The largest absolute Gasteiger partial charge is 0.480 e. The Kier molecular flexibility index (Phi) is 6.52. The van der Waals surface area contributed by atoms with E-state index in [1.807, 2.05) is 0 Å². The van der Waals surface area contributed by atoms with E-state index < -0.39 is 23.6 Å². The summed E-state index contributed by atoms with van der Waals surface area (Å²) in [6, 6.07) is -1.63. The number of rotatable bonds is 7. The summed E-state index contributed by atoms with van der Waals surface area (Å²) in [5.41, 5.74) is -0.503. The van der Waals surface area contributed by atoms with Crippen molar-refractivity contribution in [1.29, 1.82) is 0 Å². The highest BCUT2D eigenvalue weighted by atomic mass is 16.5. The van der Waals surface area contributed by atoms with Crippen LogP contribution < -0.4 is 10.6 Å². The number of hydrogen-bond donors (Lipinski definition) is 3. The van der Waals surface area contributed by atoms with Crippen LogP contribution in [0.3, 0.4) is 0 Å². The molecule has 17 heavy (non-hydrogen) atoms. The normalized spacial score (nSPS) is 12.9. The summed E-state index contributed by atoms with van der Waals surface area (Å²) in [7, 11) is 2.90. The van der Waals surface area contributed by atoms with E-state index in [0.29, 0.717) is 0 Å². The SMILES string of the molecule is COCC(NC(=O)NCC(C)(C)OC)C(=O)O. The van der Waals surface area contributed by atoms with Crippen molar-refractivity contribution in [1.82, 2.24) is 10.6 Å². The maximum absolute atomic E-state index is 11.4. The molecule has 0 rings (SSSR count). The molecule has 0 aliphatic carbocycles. The molecule has 1 unspecified atom stereocenters.